The minimum atomic E-state index is -4.03. The van der Waals surface area contributed by atoms with E-state index in [0.717, 1.165) is 42.3 Å². The standard InChI is InChI=1S/C29H27N5O4S/c1-20-6-9-22(10-7-20)39(35,36)27(17-30)28-29(32-24-5-3-2-4-23(24)31-28)34-14-12-33(13-15-34)18-21-8-11-25-26(16-21)38-19-37-25/h2-11,16,27H,12-15,18-19H2,1H3/t27-/m0/s1. The van der Waals surface area contributed by atoms with Crippen molar-refractivity contribution in [3.05, 3.63) is 83.6 Å². The van der Waals surface area contributed by atoms with E-state index in [9.17, 15) is 13.7 Å². The summed E-state index contributed by atoms with van der Waals surface area (Å²) in [5.74, 6) is 1.97. The maximum Gasteiger partial charge on any atom is 0.231 e. The van der Waals surface area contributed by atoms with Gasteiger partial charge in [-0.2, -0.15) is 5.26 Å². The first-order chi connectivity index (χ1) is 18.9. The van der Waals surface area contributed by atoms with Gasteiger partial charge in [0.25, 0.3) is 0 Å². The van der Waals surface area contributed by atoms with Crippen LogP contribution >= 0.6 is 0 Å². The summed E-state index contributed by atoms with van der Waals surface area (Å²) in [7, 11) is -4.03. The van der Waals surface area contributed by atoms with E-state index in [1.807, 2.05) is 54.3 Å². The number of hydrogen-bond donors (Lipinski definition) is 0. The Morgan fingerprint density at radius 3 is 2.33 bits per heavy atom. The van der Waals surface area contributed by atoms with Gasteiger partial charge in [0, 0.05) is 32.7 Å². The molecule has 10 heteroatoms. The molecule has 3 heterocycles. The lowest BCUT2D eigenvalue weighted by Gasteiger charge is -2.36. The second-order valence-electron chi connectivity index (χ2n) is 9.74. The molecule has 0 spiro atoms. The number of anilines is 1. The van der Waals surface area contributed by atoms with Gasteiger partial charge in [0.05, 0.1) is 22.0 Å². The van der Waals surface area contributed by atoms with Crippen molar-refractivity contribution in [2.24, 2.45) is 0 Å². The Bertz CT molecular complexity index is 1680. The van der Waals surface area contributed by atoms with Gasteiger partial charge in [0.15, 0.2) is 22.6 Å². The fraction of sp³-hybridized carbons (Fsp3) is 0.276. The summed E-state index contributed by atoms with van der Waals surface area (Å²) >= 11 is 0. The lowest BCUT2D eigenvalue weighted by molar-refractivity contribution is 0.174. The van der Waals surface area contributed by atoms with E-state index in [1.165, 1.54) is 12.1 Å². The molecule has 2 aliphatic heterocycles. The quantitative estimate of drug-likeness (QED) is 0.357. The molecule has 0 aliphatic carbocycles. The van der Waals surface area contributed by atoms with E-state index in [-0.39, 0.29) is 17.4 Å². The van der Waals surface area contributed by atoms with Gasteiger partial charge in [-0.25, -0.2) is 18.4 Å². The molecule has 0 N–H and O–H groups in total. The van der Waals surface area contributed by atoms with Crippen LogP contribution in [0.25, 0.3) is 11.0 Å². The first-order valence-corrected chi connectivity index (χ1v) is 14.3. The number of nitriles is 1. The summed E-state index contributed by atoms with van der Waals surface area (Å²) in [5.41, 5.74) is 3.45. The van der Waals surface area contributed by atoms with Crippen LogP contribution in [0.15, 0.2) is 71.6 Å². The summed E-state index contributed by atoms with van der Waals surface area (Å²) in [6, 6.07) is 21.9. The zero-order valence-electron chi connectivity index (χ0n) is 21.4. The first-order valence-electron chi connectivity index (χ1n) is 12.7. The molecule has 0 bridgehead atoms. The maximum atomic E-state index is 13.6. The average molecular weight is 542 g/mol. The van der Waals surface area contributed by atoms with E-state index < -0.39 is 15.1 Å². The fourth-order valence-corrected chi connectivity index (χ4v) is 6.35. The van der Waals surface area contributed by atoms with Crippen molar-refractivity contribution in [2.45, 2.75) is 23.6 Å². The Kier molecular flexibility index (Phi) is 6.54. The molecule has 0 amide bonds. The molecular weight excluding hydrogens is 514 g/mol. The molecule has 0 unspecified atom stereocenters. The van der Waals surface area contributed by atoms with Crippen LogP contribution in [0.2, 0.25) is 0 Å². The number of aromatic nitrogens is 2. The van der Waals surface area contributed by atoms with Crippen LogP contribution in [0.1, 0.15) is 22.1 Å². The molecule has 1 aromatic heterocycles. The third-order valence-corrected chi connectivity index (χ3v) is 9.00. The lowest BCUT2D eigenvalue weighted by Crippen LogP contribution is -2.46. The number of sulfone groups is 1. The lowest BCUT2D eigenvalue weighted by atomic mass is 10.1. The van der Waals surface area contributed by atoms with Gasteiger partial charge in [-0.1, -0.05) is 35.9 Å². The Balaban J connectivity index is 1.29. The number of para-hydroxylation sites is 2. The molecule has 1 atom stereocenters. The number of aryl methyl sites for hydroxylation is 1. The van der Waals surface area contributed by atoms with Crippen molar-refractivity contribution in [1.82, 2.24) is 14.9 Å². The SMILES string of the molecule is Cc1ccc(S(=O)(=O)[C@@H](C#N)c2nc3ccccc3nc2N2CCN(Cc3ccc4c(c3)OCO4)CC2)cc1. The highest BCUT2D eigenvalue weighted by Crippen LogP contribution is 2.35. The molecular formula is C29H27N5O4S. The largest absolute Gasteiger partial charge is 0.454 e. The molecule has 0 radical (unpaired) electrons. The topological polar surface area (TPSA) is 109 Å². The van der Waals surface area contributed by atoms with E-state index in [0.29, 0.717) is 29.9 Å². The van der Waals surface area contributed by atoms with Crippen LogP contribution in [-0.2, 0) is 16.4 Å². The van der Waals surface area contributed by atoms with Crippen LogP contribution in [-0.4, -0.2) is 56.3 Å². The Hall–Kier alpha value is -4.20. The van der Waals surface area contributed by atoms with Crippen molar-refractivity contribution in [1.29, 1.82) is 5.26 Å². The van der Waals surface area contributed by atoms with E-state index in [4.69, 9.17) is 19.4 Å². The van der Waals surface area contributed by atoms with Crippen molar-refractivity contribution < 1.29 is 17.9 Å². The summed E-state index contributed by atoms with van der Waals surface area (Å²) in [5, 5.41) is 8.67. The van der Waals surface area contributed by atoms with Crippen LogP contribution in [0.3, 0.4) is 0 Å². The molecule has 1 fully saturated rings. The van der Waals surface area contributed by atoms with Crippen molar-refractivity contribution in [3.8, 4) is 17.6 Å². The highest BCUT2D eigenvalue weighted by molar-refractivity contribution is 7.92. The smallest absolute Gasteiger partial charge is 0.231 e. The zero-order valence-corrected chi connectivity index (χ0v) is 22.3. The van der Waals surface area contributed by atoms with E-state index in [2.05, 4.69) is 4.90 Å². The second kappa shape index (κ2) is 10.2. The number of piperazine rings is 1. The van der Waals surface area contributed by atoms with Crippen molar-refractivity contribution in [2.75, 3.05) is 37.9 Å². The van der Waals surface area contributed by atoms with E-state index in [1.54, 1.807) is 18.2 Å². The third kappa shape index (κ3) is 4.87. The highest BCUT2D eigenvalue weighted by atomic mass is 32.2. The molecule has 3 aromatic carbocycles. The van der Waals surface area contributed by atoms with E-state index >= 15 is 0 Å². The second-order valence-corrected chi connectivity index (χ2v) is 11.8. The molecule has 1 saturated heterocycles. The van der Waals surface area contributed by atoms with Gasteiger partial charge < -0.3 is 14.4 Å². The van der Waals surface area contributed by atoms with Crippen LogP contribution in [0, 0.1) is 18.3 Å². The first kappa shape index (κ1) is 25.1. The number of hydrogen-bond acceptors (Lipinski definition) is 9. The Morgan fingerprint density at radius 1 is 0.923 bits per heavy atom. The predicted octanol–water partition coefficient (Wildman–Crippen LogP) is 4.03. The molecule has 6 rings (SSSR count). The molecule has 4 aromatic rings. The number of benzene rings is 3. The molecule has 0 saturated carbocycles. The van der Waals surface area contributed by atoms with Gasteiger partial charge in [0.1, 0.15) is 5.69 Å². The molecule has 2 aliphatic rings. The summed E-state index contributed by atoms with van der Waals surface area (Å²) in [6.45, 7) is 5.60. The summed E-state index contributed by atoms with van der Waals surface area (Å²) in [6.07, 6.45) is 0. The van der Waals surface area contributed by atoms with Gasteiger partial charge in [0.2, 0.25) is 16.6 Å². The Labute approximate surface area is 227 Å². The van der Waals surface area contributed by atoms with Crippen LogP contribution < -0.4 is 14.4 Å². The minimum Gasteiger partial charge on any atom is -0.454 e. The monoisotopic (exact) mass is 541 g/mol. The molecule has 39 heavy (non-hydrogen) atoms. The van der Waals surface area contributed by atoms with Crippen LogP contribution in [0.5, 0.6) is 11.5 Å². The van der Waals surface area contributed by atoms with Gasteiger partial charge in [-0.15, -0.1) is 0 Å². The predicted molar refractivity (Wildman–Crippen MR) is 146 cm³/mol. The third-order valence-electron chi connectivity index (χ3n) is 7.12. The number of ether oxygens (including phenoxy) is 2. The van der Waals surface area contributed by atoms with Crippen molar-refractivity contribution >= 4 is 26.7 Å². The maximum absolute atomic E-state index is 13.6. The molecule has 198 valence electrons. The normalized spacial score (nSPS) is 16.3. The fourth-order valence-electron chi connectivity index (χ4n) is 4.97. The van der Waals surface area contributed by atoms with Gasteiger partial charge in [-0.05, 0) is 48.9 Å². The molecule has 9 nitrogen and oxygen atoms in total. The summed E-state index contributed by atoms with van der Waals surface area (Å²) in [4.78, 5) is 14.0. The zero-order chi connectivity index (χ0) is 27.0. The summed E-state index contributed by atoms with van der Waals surface area (Å²) < 4.78 is 38.2. The van der Waals surface area contributed by atoms with Crippen LogP contribution in [0.4, 0.5) is 5.82 Å². The Morgan fingerprint density at radius 2 is 1.62 bits per heavy atom. The highest BCUT2D eigenvalue weighted by Gasteiger charge is 2.35. The van der Waals surface area contributed by atoms with Gasteiger partial charge in [-0.3, -0.25) is 4.90 Å². The number of rotatable bonds is 6. The number of nitrogens with zero attached hydrogens (tertiary/aromatic N) is 5. The number of fused-ring (bicyclic) bond motifs is 2. The average Bonchev–Trinajstić information content (AvgIpc) is 3.42. The van der Waals surface area contributed by atoms with Gasteiger partial charge >= 0.3 is 0 Å². The minimum absolute atomic E-state index is 0.0918. The van der Waals surface area contributed by atoms with Crippen molar-refractivity contribution in [3.63, 3.8) is 0 Å².